The molecule has 1 radical (unpaired) electrons. The zero-order valence-electron chi connectivity index (χ0n) is 9.71. The lowest BCUT2D eigenvalue weighted by Gasteiger charge is -1.96. The summed E-state index contributed by atoms with van der Waals surface area (Å²) in [6.07, 6.45) is 12.5. The van der Waals surface area contributed by atoms with Crippen molar-refractivity contribution in [2.75, 3.05) is 0 Å². The summed E-state index contributed by atoms with van der Waals surface area (Å²) >= 11 is 0. The van der Waals surface area contributed by atoms with E-state index in [0.29, 0.717) is 0 Å². The second-order valence-corrected chi connectivity index (χ2v) is 3.94. The van der Waals surface area contributed by atoms with Crippen LogP contribution in [0.1, 0.15) is 51.0 Å². The first-order chi connectivity index (χ1) is 7.43. The Bertz CT molecular complexity index is 259. The van der Waals surface area contributed by atoms with Gasteiger partial charge in [-0.15, -0.1) is 0 Å². The van der Waals surface area contributed by atoms with Crippen molar-refractivity contribution < 1.29 is 0 Å². The maximum absolute atomic E-state index is 3.02. The van der Waals surface area contributed by atoms with Crippen molar-refractivity contribution in [2.45, 2.75) is 45.4 Å². The minimum Gasteiger partial charge on any atom is -0.0839 e. The molecule has 1 rings (SSSR count). The Labute approximate surface area is 94.0 Å². The monoisotopic (exact) mass is 201 g/mol. The second-order valence-electron chi connectivity index (χ2n) is 3.94. The number of allylic oxidation sites excluding steroid dienone is 1. The predicted molar refractivity (Wildman–Crippen MR) is 67.7 cm³/mol. The first kappa shape index (κ1) is 12.0. The average Bonchev–Trinajstić information content (AvgIpc) is 2.29. The molecule has 0 bridgehead atoms. The van der Waals surface area contributed by atoms with Gasteiger partial charge in [-0.3, -0.25) is 0 Å². The minimum atomic E-state index is 1.21. The Morgan fingerprint density at radius 3 is 2.53 bits per heavy atom. The molecule has 0 aliphatic carbocycles. The summed E-state index contributed by atoms with van der Waals surface area (Å²) in [5.74, 6) is 0. The molecule has 15 heavy (non-hydrogen) atoms. The van der Waals surface area contributed by atoms with E-state index in [1.807, 2.05) is 12.1 Å². The van der Waals surface area contributed by atoms with E-state index < -0.39 is 0 Å². The van der Waals surface area contributed by atoms with E-state index in [-0.39, 0.29) is 0 Å². The maximum Gasteiger partial charge on any atom is -0.0184 e. The molecule has 0 saturated heterocycles. The van der Waals surface area contributed by atoms with Gasteiger partial charge in [0.25, 0.3) is 0 Å². The molecule has 0 atom stereocenters. The smallest absolute Gasteiger partial charge is 0.0184 e. The van der Waals surface area contributed by atoms with Crippen LogP contribution in [0, 0.1) is 6.07 Å². The molecule has 0 saturated carbocycles. The Morgan fingerprint density at radius 2 is 1.80 bits per heavy atom. The van der Waals surface area contributed by atoms with Crippen LogP contribution in [0.25, 0.3) is 6.08 Å². The van der Waals surface area contributed by atoms with E-state index in [1.54, 1.807) is 0 Å². The third-order valence-electron chi connectivity index (χ3n) is 2.53. The molecule has 0 amide bonds. The fraction of sp³-hybridized carbons (Fsp3) is 0.467. The summed E-state index contributed by atoms with van der Waals surface area (Å²) in [4.78, 5) is 0. The summed E-state index contributed by atoms with van der Waals surface area (Å²) in [5, 5.41) is 0. The summed E-state index contributed by atoms with van der Waals surface area (Å²) in [6.45, 7) is 2.26. The summed E-state index contributed by atoms with van der Waals surface area (Å²) < 4.78 is 0. The molecule has 1 aromatic rings. The number of benzene rings is 1. The molecule has 0 fully saturated rings. The molecule has 0 spiro atoms. The van der Waals surface area contributed by atoms with E-state index in [4.69, 9.17) is 0 Å². The van der Waals surface area contributed by atoms with Crippen LogP contribution in [-0.4, -0.2) is 0 Å². The lowest BCUT2D eigenvalue weighted by Crippen LogP contribution is -1.76. The molecular weight excluding hydrogens is 180 g/mol. The zero-order valence-corrected chi connectivity index (χ0v) is 9.71. The third kappa shape index (κ3) is 6.11. The van der Waals surface area contributed by atoms with Gasteiger partial charge < -0.3 is 0 Å². The number of hydrogen-bond donors (Lipinski definition) is 0. The highest BCUT2D eigenvalue weighted by Crippen LogP contribution is 2.07. The molecule has 1 aromatic carbocycles. The molecular formula is C15H21. The van der Waals surface area contributed by atoms with Crippen LogP contribution in [-0.2, 0) is 0 Å². The van der Waals surface area contributed by atoms with Crippen molar-refractivity contribution in [3.8, 4) is 0 Å². The van der Waals surface area contributed by atoms with Gasteiger partial charge in [0, 0.05) is 0 Å². The van der Waals surface area contributed by atoms with Crippen LogP contribution in [0.15, 0.2) is 30.3 Å². The van der Waals surface area contributed by atoms with Crippen LogP contribution in [0.3, 0.4) is 0 Å². The fourth-order valence-electron chi connectivity index (χ4n) is 1.60. The van der Waals surface area contributed by atoms with Crippen LogP contribution < -0.4 is 0 Å². The summed E-state index contributed by atoms with van der Waals surface area (Å²) in [7, 11) is 0. The molecule has 0 aromatic heterocycles. The molecule has 0 aliphatic rings. The number of hydrogen-bond acceptors (Lipinski definition) is 0. The molecule has 81 valence electrons. The molecule has 0 unspecified atom stereocenters. The first-order valence-corrected chi connectivity index (χ1v) is 6.06. The van der Waals surface area contributed by atoms with E-state index in [9.17, 15) is 0 Å². The van der Waals surface area contributed by atoms with Crippen molar-refractivity contribution in [1.29, 1.82) is 0 Å². The third-order valence-corrected chi connectivity index (χ3v) is 2.53. The van der Waals surface area contributed by atoms with Gasteiger partial charge in [0.05, 0.1) is 0 Å². The number of unbranched alkanes of at least 4 members (excludes halogenated alkanes) is 5. The van der Waals surface area contributed by atoms with Gasteiger partial charge in [-0.2, -0.15) is 0 Å². The minimum absolute atomic E-state index is 1.21. The Hall–Kier alpha value is -1.04. The van der Waals surface area contributed by atoms with Crippen LogP contribution in [0.4, 0.5) is 0 Å². The fourth-order valence-corrected chi connectivity index (χ4v) is 1.60. The van der Waals surface area contributed by atoms with Crippen LogP contribution in [0.5, 0.6) is 0 Å². The van der Waals surface area contributed by atoms with Crippen molar-refractivity contribution in [1.82, 2.24) is 0 Å². The molecule has 0 aliphatic heterocycles. The first-order valence-electron chi connectivity index (χ1n) is 6.06. The lowest BCUT2D eigenvalue weighted by atomic mass is 10.1. The quantitative estimate of drug-likeness (QED) is 0.553. The van der Waals surface area contributed by atoms with Gasteiger partial charge in [0.1, 0.15) is 0 Å². The van der Waals surface area contributed by atoms with Gasteiger partial charge >= 0.3 is 0 Å². The lowest BCUT2D eigenvalue weighted by molar-refractivity contribution is 0.638. The van der Waals surface area contributed by atoms with Crippen molar-refractivity contribution in [3.63, 3.8) is 0 Å². The van der Waals surface area contributed by atoms with Gasteiger partial charge in [-0.1, -0.05) is 69.0 Å². The van der Waals surface area contributed by atoms with E-state index >= 15 is 0 Å². The van der Waals surface area contributed by atoms with E-state index in [2.05, 4.69) is 37.3 Å². The van der Waals surface area contributed by atoms with Crippen molar-refractivity contribution in [3.05, 3.63) is 42.0 Å². The topological polar surface area (TPSA) is 0 Å². The van der Waals surface area contributed by atoms with Crippen LogP contribution in [0.2, 0.25) is 0 Å². The van der Waals surface area contributed by atoms with Gasteiger partial charge in [-0.25, -0.2) is 0 Å². The second kappa shape index (κ2) is 8.28. The van der Waals surface area contributed by atoms with Crippen LogP contribution >= 0.6 is 0 Å². The average molecular weight is 201 g/mol. The Kier molecular flexibility index (Phi) is 6.64. The highest BCUT2D eigenvalue weighted by molar-refractivity contribution is 5.48. The van der Waals surface area contributed by atoms with Gasteiger partial charge in [0.15, 0.2) is 0 Å². The Morgan fingerprint density at radius 1 is 1.07 bits per heavy atom. The summed E-state index contributed by atoms with van der Waals surface area (Å²) in [5.41, 5.74) is 1.28. The summed E-state index contributed by atoms with van der Waals surface area (Å²) in [6, 6.07) is 11.1. The molecule has 0 nitrogen and oxygen atoms in total. The van der Waals surface area contributed by atoms with E-state index in [1.165, 1.54) is 44.1 Å². The highest BCUT2D eigenvalue weighted by Gasteiger charge is 1.87. The SMILES string of the molecule is CCCCCCC/C=C/c1cc[c]cc1. The zero-order chi connectivity index (χ0) is 10.8. The number of rotatable bonds is 7. The standard InChI is InChI=1S/C15H21/c1-2-3-4-5-6-7-9-12-15-13-10-8-11-14-15/h9-14H,2-7H2,1H3/b12-9+. The molecule has 0 heteroatoms. The van der Waals surface area contributed by atoms with Crippen molar-refractivity contribution >= 4 is 6.08 Å². The normalized spacial score (nSPS) is 11.0. The maximum atomic E-state index is 3.02. The van der Waals surface area contributed by atoms with Gasteiger partial charge in [0.2, 0.25) is 0 Å². The molecule has 0 N–H and O–H groups in total. The van der Waals surface area contributed by atoms with Crippen molar-refractivity contribution in [2.24, 2.45) is 0 Å². The van der Waals surface area contributed by atoms with E-state index in [0.717, 1.165) is 0 Å². The molecule has 0 heterocycles. The Balaban J connectivity index is 2.07. The highest BCUT2D eigenvalue weighted by atomic mass is 13.9. The largest absolute Gasteiger partial charge is 0.0839 e. The van der Waals surface area contributed by atoms with Gasteiger partial charge in [-0.05, 0) is 24.5 Å². The predicted octanol–water partition coefficient (Wildman–Crippen LogP) is 4.86.